The molecule has 4 rings (SSSR count). The summed E-state index contributed by atoms with van der Waals surface area (Å²) in [5.41, 5.74) is 0.981. The van der Waals surface area contributed by atoms with Crippen molar-refractivity contribution in [3.8, 4) is 5.69 Å². The molecule has 30 heavy (non-hydrogen) atoms. The Morgan fingerprint density at radius 3 is 2.43 bits per heavy atom. The van der Waals surface area contributed by atoms with Crippen LogP contribution in [0.25, 0.3) is 5.69 Å². The molecular weight excluding hydrogens is 412 g/mol. The van der Waals surface area contributed by atoms with E-state index in [1.165, 1.54) is 6.20 Å². The maximum absolute atomic E-state index is 13.9. The Morgan fingerprint density at radius 1 is 1.03 bits per heavy atom. The molecule has 5 nitrogen and oxygen atoms in total. The smallest absolute Gasteiger partial charge is 0.257 e. The van der Waals surface area contributed by atoms with Crippen molar-refractivity contribution in [2.45, 2.75) is 12.8 Å². The van der Waals surface area contributed by atoms with Crippen LogP contribution in [0, 0.1) is 17.6 Å². The van der Waals surface area contributed by atoms with Crippen molar-refractivity contribution in [2.75, 3.05) is 13.1 Å². The van der Waals surface area contributed by atoms with Crippen LogP contribution in [0.1, 0.15) is 33.6 Å². The SMILES string of the molecule is O=C(c1cc(F)ccc1F)C1CCN(C(=O)c2cnn(-c3ccc(Cl)cc3)c2)CC1. The van der Waals surface area contributed by atoms with Gasteiger partial charge >= 0.3 is 0 Å². The number of ketones is 1. The van der Waals surface area contributed by atoms with Gasteiger partial charge in [-0.05, 0) is 55.3 Å². The first-order chi connectivity index (χ1) is 14.4. The summed E-state index contributed by atoms with van der Waals surface area (Å²) in [7, 11) is 0. The summed E-state index contributed by atoms with van der Waals surface area (Å²) >= 11 is 5.89. The number of Topliss-reactive ketones (excluding diaryl/α,β-unsaturated/α-hetero) is 1. The van der Waals surface area contributed by atoms with Crippen LogP contribution in [0.3, 0.4) is 0 Å². The number of nitrogens with zero attached hydrogens (tertiary/aromatic N) is 3. The first-order valence-electron chi connectivity index (χ1n) is 9.51. The quantitative estimate of drug-likeness (QED) is 0.572. The molecule has 0 radical (unpaired) electrons. The van der Waals surface area contributed by atoms with Crippen molar-refractivity contribution in [1.29, 1.82) is 0 Å². The van der Waals surface area contributed by atoms with Gasteiger partial charge in [0.25, 0.3) is 5.91 Å². The van der Waals surface area contributed by atoms with E-state index in [0.717, 1.165) is 23.9 Å². The predicted molar refractivity (Wildman–Crippen MR) is 108 cm³/mol. The number of halogens is 3. The summed E-state index contributed by atoms with van der Waals surface area (Å²) in [6.07, 6.45) is 3.93. The second kappa shape index (κ2) is 8.36. The first kappa shape index (κ1) is 20.2. The molecular formula is C22H18ClF2N3O2. The highest BCUT2D eigenvalue weighted by molar-refractivity contribution is 6.30. The largest absolute Gasteiger partial charge is 0.339 e. The average Bonchev–Trinajstić information content (AvgIpc) is 3.25. The van der Waals surface area contributed by atoms with Crippen molar-refractivity contribution < 1.29 is 18.4 Å². The van der Waals surface area contributed by atoms with Crippen LogP contribution in [0.4, 0.5) is 8.78 Å². The van der Waals surface area contributed by atoms with Crippen LogP contribution >= 0.6 is 11.6 Å². The number of aromatic nitrogens is 2. The topological polar surface area (TPSA) is 55.2 Å². The third-order valence-electron chi connectivity index (χ3n) is 5.27. The molecule has 1 aromatic heterocycles. The standard InChI is InChI=1S/C22H18ClF2N3O2/c23-16-1-4-18(5-2-16)28-13-15(12-26-28)22(30)27-9-7-14(8-10-27)21(29)19-11-17(24)3-6-20(19)25/h1-6,11-14H,7-10H2. The number of carbonyl (C=O) groups excluding carboxylic acids is 2. The molecule has 1 aliphatic rings. The maximum atomic E-state index is 13.9. The van der Waals surface area contributed by atoms with Gasteiger partial charge in [0, 0.05) is 30.2 Å². The molecule has 1 amide bonds. The number of amides is 1. The summed E-state index contributed by atoms with van der Waals surface area (Å²) in [6, 6.07) is 9.95. The molecule has 0 N–H and O–H groups in total. The van der Waals surface area contributed by atoms with E-state index < -0.39 is 23.3 Å². The lowest BCUT2D eigenvalue weighted by Crippen LogP contribution is -2.40. The highest BCUT2D eigenvalue weighted by atomic mass is 35.5. The molecule has 1 fully saturated rings. The van der Waals surface area contributed by atoms with Gasteiger partial charge in [0.15, 0.2) is 5.78 Å². The molecule has 0 unspecified atom stereocenters. The number of carbonyl (C=O) groups is 2. The van der Waals surface area contributed by atoms with Gasteiger partial charge in [-0.25, -0.2) is 13.5 Å². The monoisotopic (exact) mass is 429 g/mol. The number of likely N-dealkylation sites (tertiary alicyclic amines) is 1. The summed E-state index contributed by atoms with van der Waals surface area (Å²) < 4.78 is 28.9. The lowest BCUT2D eigenvalue weighted by atomic mass is 9.88. The zero-order valence-corrected chi connectivity index (χ0v) is 16.6. The van der Waals surface area contributed by atoms with Crippen molar-refractivity contribution in [1.82, 2.24) is 14.7 Å². The molecule has 3 aromatic rings. The third kappa shape index (κ3) is 4.11. The van der Waals surface area contributed by atoms with E-state index in [0.29, 0.717) is 36.5 Å². The Morgan fingerprint density at radius 2 is 1.73 bits per heavy atom. The molecule has 1 aliphatic heterocycles. The number of benzene rings is 2. The Hall–Kier alpha value is -3.06. The molecule has 8 heteroatoms. The van der Waals surface area contributed by atoms with Crippen molar-refractivity contribution in [2.24, 2.45) is 5.92 Å². The van der Waals surface area contributed by atoms with Gasteiger partial charge in [-0.1, -0.05) is 11.6 Å². The third-order valence-corrected chi connectivity index (χ3v) is 5.52. The Labute approximate surface area is 176 Å². The van der Waals surface area contributed by atoms with Crippen LogP contribution in [-0.2, 0) is 0 Å². The van der Waals surface area contributed by atoms with Crippen LogP contribution < -0.4 is 0 Å². The van der Waals surface area contributed by atoms with E-state index in [-0.39, 0.29) is 11.5 Å². The second-order valence-corrected chi connectivity index (χ2v) is 7.64. The van der Waals surface area contributed by atoms with E-state index in [1.54, 1.807) is 40.0 Å². The lowest BCUT2D eigenvalue weighted by Gasteiger charge is -2.31. The van der Waals surface area contributed by atoms with Crippen LogP contribution in [-0.4, -0.2) is 39.5 Å². The van der Waals surface area contributed by atoms with Gasteiger partial charge in [0.05, 0.1) is 23.0 Å². The van der Waals surface area contributed by atoms with Gasteiger partial charge in [-0.3, -0.25) is 9.59 Å². The Kier molecular flexibility index (Phi) is 5.63. The van der Waals surface area contributed by atoms with Crippen molar-refractivity contribution >= 4 is 23.3 Å². The fourth-order valence-corrected chi connectivity index (χ4v) is 3.73. The second-order valence-electron chi connectivity index (χ2n) is 7.20. The average molecular weight is 430 g/mol. The highest BCUT2D eigenvalue weighted by Crippen LogP contribution is 2.25. The van der Waals surface area contributed by atoms with E-state index in [9.17, 15) is 18.4 Å². The summed E-state index contributed by atoms with van der Waals surface area (Å²) in [6.45, 7) is 0.719. The normalized spacial score (nSPS) is 14.7. The minimum atomic E-state index is -0.727. The van der Waals surface area contributed by atoms with E-state index >= 15 is 0 Å². The van der Waals surface area contributed by atoms with Gasteiger partial charge in [-0.15, -0.1) is 0 Å². The van der Waals surface area contributed by atoms with E-state index in [2.05, 4.69) is 5.10 Å². The molecule has 0 spiro atoms. The molecule has 0 aliphatic carbocycles. The van der Waals surface area contributed by atoms with Gasteiger partial charge in [0.2, 0.25) is 0 Å². The number of hydrogen-bond donors (Lipinski definition) is 0. The maximum Gasteiger partial charge on any atom is 0.257 e. The first-order valence-corrected chi connectivity index (χ1v) is 9.89. The van der Waals surface area contributed by atoms with Crippen LogP contribution in [0.2, 0.25) is 5.02 Å². The molecule has 0 saturated carbocycles. The summed E-state index contributed by atoms with van der Waals surface area (Å²) in [4.78, 5) is 27.0. The number of rotatable bonds is 4. The Bertz CT molecular complexity index is 1090. The number of piperidine rings is 1. The van der Waals surface area contributed by atoms with E-state index in [1.807, 2.05) is 0 Å². The van der Waals surface area contributed by atoms with Crippen molar-refractivity contribution in [3.05, 3.63) is 82.6 Å². The lowest BCUT2D eigenvalue weighted by molar-refractivity contribution is 0.0649. The summed E-state index contributed by atoms with van der Waals surface area (Å²) in [5.74, 6) is -2.42. The highest BCUT2D eigenvalue weighted by Gasteiger charge is 2.30. The predicted octanol–water partition coefficient (Wildman–Crippen LogP) is 4.54. The minimum Gasteiger partial charge on any atom is -0.339 e. The van der Waals surface area contributed by atoms with Gasteiger partial charge < -0.3 is 4.90 Å². The molecule has 0 atom stereocenters. The fraction of sp³-hybridized carbons (Fsp3) is 0.227. The van der Waals surface area contributed by atoms with Gasteiger partial charge in [-0.2, -0.15) is 5.10 Å². The van der Waals surface area contributed by atoms with Gasteiger partial charge in [0.1, 0.15) is 11.6 Å². The minimum absolute atomic E-state index is 0.182. The summed E-state index contributed by atoms with van der Waals surface area (Å²) in [5, 5.41) is 4.84. The molecule has 1 saturated heterocycles. The van der Waals surface area contributed by atoms with Crippen molar-refractivity contribution in [3.63, 3.8) is 0 Å². The fourth-order valence-electron chi connectivity index (χ4n) is 3.60. The zero-order chi connectivity index (χ0) is 21.3. The van der Waals surface area contributed by atoms with Crippen LogP contribution in [0.15, 0.2) is 54.9 Å². The van der Waals surface area contributed by atoms with E-state index in [4.69, 9.17) is 11.6 Å². The molecule has 0 bridgehead atoms. The Balaban J connectivity index is 1.40. The molecule has 154 valence electrons. The zero-order valence-electron chi connectivity index (χ0n) is 15.9. The molecule has 2 heterocycles. The molecule has 2 aromatic carbocycles. The number of hydrogen-bond acceptors (Lipinski definition) is 3. The van der Waals surface area contributed by atoms with Crippen LogP contribution in [0.5, 0.6) is 0 Å².